The molecular weight excluding hydrogens is 866 g/mol. The van der Waals surface area contributed by atoms with Gasteiger partial charge in [-0.2, -0.15) is 0 Å². The summed E-state index contributed by atoms with van der Waals surface area (Å²) in [6.07, 6.45) is 6.08. The van der Waals surface area contributed by atoms with Crippen molar-refractivity contribution in [2.45, 2.75) is 56.8 Å². The second kappa shape index (κ2) is 17.1. The van der Waals surface area contributed by atoms with Crippen LogP contribution in [0.4, 0.5) is 39.0 Å². The fourth-order valence-electron chi connectivity index (χ4n) is 6.54. The number of H-pyrrole nitrogens is 1. The standard InChI is InChI=1S/C43H42FN11O7S2/c1-23-12-36(53-39(13-23)63(6,59)60)50-34-18-38(46-21-29(34)42-51-31-10-8-9-11-32(31)52-42)55(25(3)57)22-26-14-37(54-40(15-26)64(7,61)62)49-33-17-35(48-24(2)56)45-20-28(33)41-30(44)16-27(19-47-41)43(4,5)58/h8-21,58H,22H2,1-7H3,(H,51,52)(H,46,50,53)(H2,45,48,49,54,56). The lowest BCUT2D eigenvalue weighted by atomic mass is 9.99. The second-order valence-electron chi connectivity index (χ2n) is 15.6. The number of aromatic nitrogens is 7. The highest BCUT2D eigenvalue weighted by atomic mass is 32.2. The quantitative estimate of drug-likeness (QED) is 0.0845. The lowest BCUT2D eigenvalue weighted by Crippen LogP contribution is -2.29. The predicted molar refractivity (Wildman–Crippen MR) is 239 cm³/mol. The first-order valence-electron chi connectivity index (χ1n) is 19.4. The number of halogens is 1. The number of carbonyl (C=O) groups excluding carboxylic acids is 2. The number of benzene rings is 1. The molecule has 2 amide bonds. The van der Waals surface area contributed by atoms with Crippen molar-refractivity contribution < 1.29 is 35.9 Å². The van der Waals surface area contributed by atoms with Crippen molar-refractivity contribution in [3.05, 3.63) is 108 Å². The number of sulfone groups is 2. The molecule has 0 saturated carbocycles. The second-order valence-corrected chi connectivity index (χ2v) is 19.5. The summed E-state index contributed by atoms with van der Waals surface area (Å²) in [6.45, 7) is 7.03. The summed E-state index contributed by atoms with van der Waals surface area (Å²) >= 11 is 0. The van der Waals surface area contributed by atoms with E-state index in [2.05, 4.69) is 45.9 Å². The molecular formula is C43H42FN11O7S2. The number of fused-ring (bicyclic) bond motifs is 1. The number of imidazole rings is 1. The zero-order valence-electron chi connectivity index (χ0n) is 35.5. The van der Waals surface area contributed by atoms with E-state index in [9.17, 15) is 31.5 Å². The third-order valence-electron chi connectivity index (χ3n) is 9.64. The number of aromatic amines is 1. The SMILES string of the molecule is CC(=O)Nc1cc(Nc2cc(CN(C(C)=O)c3cc(Nc4cc(C)cc(S(C)(=O)=O)n4)c(-c4nc5ccccc5[nH]4)cn3)cc(S(C)(=O)=O)n2)c(-c2ncc(C(C)(C)O)cc2F)cn1. The summed E-state index contributed by atoms with van der Waals surface area (Å²) in [5.74, 6) is -0.977. The molecule has 0 atom stereocenters. The summed E-state index contributed by atoms with van der Waals surface area (Å²) in [4.78, 5) is 56.5. The van der Waals surface area contributed by atoms with Gasteiger partial charge < -0.3 is 26.0 Å². The van der Waals surface area contributed by atoms with Gasteiger partial charge in [0.25, 0.3) is 0 Å². The topological polar surface area (TPSA) is 255 Å². The lowest BCUT2D eigenvalue weighted by molar-refractivity contribution is -0.117. The van der Waals surface area contributed by atoms with Crippen LogP contribution in [0, 0.1) is 12.7 Å². The number of hydrogen-bond acceptors (Lipinski definition) is 15. The van der Waals surface area contributed by atoms with Gasteiger partial charge in [0.2, 0.25) is 11.8 Å². The van der Waals surface area contributed by atoms with Crippen LogP contribution in [0.15, 0.2) is 95.4 Å². The number of carbonyl (C=O) groups is 2. The van der Waals surface area contributed by atoms with E-state index >= 15 is 4.39 Å². The Kier molecular flexibility index (Phi) is 12.0. The summed E-state index contributed by atoms with van der Waals surface area (Å²) in [5, 5.41) is 18.7. The number of aliphatic hydroxyl groups is 1. The number of nitrogens with one attached hydrogen (secondary N) is 4. The molecule has 64 heavy (non-hydrogen) atoms. The maximum Gasteiger partial charge on any atom is 0.225 e. The number of hydrogen-bond donors (Lipinski definition) is 5. The zero-order valence-corrected chi connectivity index (χ0v) is 37.1. The van der Waals surface area contributed by atoms with Crippen LogP contribution in [0.2, 0.25) is 0 Å². The Hall–Kier alpha value is -7.23. The van der Waals surface area contributed by atoms with Crippen molar-refractivity contribution in [3.8, 4) is 22.6 Å². The van der Waals surface area contributed by atoms with Gasteiger partial charge in [0.1, 0.15) is 40.6 Å². The van der Waals surface area contributed by atoms with Crippen LogP contribution in [0.25, 0.3) is 33.7 Å². The zero-order chi connectivity index (χ0) is 46.3. The van der Waals surface area contributed by atoms with Crippen molar-refractivity contribution in [2.24, 2.45) is 0 Å². The summed E-state index contributed by atoms with van der Waals surface area (Å²) in [5.41, 5.74) is 1.97. The first kappa shape index (κ1) is 44.8. The van der Waals surface area contributed by atoms with Crippen LogP contribution >= 0.6 is 0 Å². The molecule has 0 aliphatic heterocycles. The Morgan fingerprint density at radius 3 is 2.05 bits per heavy atom. The van der Waals surface area contributed by atoms with Gasteiger partial charge in [-0.05, 0) is 74.4 Å². The Balaban J connectivity index is 1.31. The van der Waals surface area contributed by atoms with E-state index in [-0.39, 0.29) is 67.9 Å². The maximum absolute atomic E-state index is 15.7. The molecule has 5 N–H and O–H groups in total. The van der Waals surface area contributed by atoms with Crippen molar-refractivity contribution in [1.82, 2.24) is 34.9 Å². The molecule has 0 bridgehead atoms. The van der Waals surface area contributed by atoms with E-state index in [4.69, 9.17) is 4.98 Å². The number of amides is 2. The highest BCUT2D eigenvalue weighted by molar-refractivity contribution is 7.90. The normalized spacial score (nSPS) is 12.0. The van der Waals surface area contributed by atoms with Gasteiger partial charge in [-0.25, -0.2) is 46.1 Å². The van der Waals surface area contributed by atoms with Crippen LogP contribution in [0.3, 0.4) is 0 Å². The third-order valence-corrected chi connectivity index (χ3v) is 11.6. The first-order valence-corrected chi connectivity index (χ1v) is 23.1. The van der Waals surface area contributed by atoms with E-state index in [1.165, 1.54) is 75.5 Å². The minimum atomic E-state index is -3.98. The molecule has 0 spiro atoms. The minimum absolute atomic E-state index is 0.0427. The smallest absolute Gasteiger partial charge is 0.225 e. The van der Waals surface area contributed by atoms with E-state index in [1.807, 2.05) is 24.3 Å². The van der Waals surface area contributed by atoms with E-state index in [0.717, 1.165) is 24.1 Å². The lowest BCUT2D eigenvalue weighted by Gasteiger charge is -2.23. The molecule has 7 aromatic rings. The number of nitrogens with zero attached hydrogens (tertiary/aromatic N) is 7. The van der Waals surface area contributed by atoms with Crippen molar-refractivity contribution >= 4 is 77.2 Å². The maximum atomic E-state index is 15.7. The van der Waals surface area contributed by atoms with Gasteiger partial charge in [0.15, 0.2) is 29.7 Å². The Labute approximate surface area is 367 Å². The van der Waals surface area contributed by atoms with Gasteiger partial charge >= 0.3 is 0 Å². The Morgan fingerprint density at radius 1 is 0.781 bits per heavy atom. The highest BCUT2D eigenvalue weighted by Gasteiger charge is 2.24. The number of rotatable bonds is 13. The molecule has 6 aromatic heterocycles. The Morgan fingerprint density at radius 2 is 1.42 bits per heavy atom. The van der Waals surface area contributed by atoms with E-state index < -0.39 is 42.9 Å². The summed E-state index contributed by atoms with van der Waals surface area (Å²) in [7, 11) is -7.68. The summed E-state index contributed by atoms with van der Waals surface area (Å²) < 4.78 is 66.9. The molecule has 0 fully saturated rings. The third kappa shape index (κ3) is 10.2. The van der Waals surface area contributed by atoms with Crippen LogP contribution in [-0.4, -0.2) is 81.2 Å². The van der Waals surface area contributed by atoms with Gasteiger partial charge in [0.05, 0.1) is 40.1 Å². The van der Waals surface area contributed by atoms with Crippen LogP contribution < -0.4 is 20.9 Å². The molecule has 7 rings (SSSR count). The monoisotopic (exact) mass is 907 g/mol. The molecule has 0 unspecified atom stereocenters. The number of anilines is 6. The number of aryl methyl sites for hydroxylation is 1. The fourth-order valence-corrected chi connectivity index (χ4v) is 7.83. The molecule has 0 aliphatic rings. The molecule has 1 aromatic carbocycles. The van der Waals surface area contributed by atoms with Crippen LogP contribution in [0.1, 0.15) is 44.4 Å². The van der Waals surface area contributed by atoms with E-state index in [0.29, 0.717) is 28.2 Å². The van der Waals surface area contributed by atoms with Gasteiger partial charge in [-0.15, -0.1) is 0 Å². The molecule has 330 valence electrons. The summed E-state index contributed by atoms with van der Waals surface area (Å²) in [6, 6.07) is 17.3. The molecule has 0 saturated heterocycles. The van der Waals surface area contributed by atoms with Gasteiger partial charge in [-0.1, -0.05) is 12.1 Å². The van der Waals surface area contributed by atoms with E-state index in [1.54, 1.807) is 19.1 Å². The molecule has 0 radical (unpaired) electrons. The van der Waals surface area contributed by atoms with Crippen molar-refractivity contribution in [2.75, 3.05) is 33.4 Å². The molecule has 18 nitrogen and oxygen atoms in total. The molecule has 0 aliphatic carbocycles. The minimum Gasteiger partial charge on any atom is -0.386 e. The largest absolute Gasteiger partial charge is 0.386 e. The van der Waals surface area contributed by atoms with Crippen LogP contribution in [-0.2, 0) is 41.4 Å². The number of para-hydroxylation sites is 2. The van der Waals surface area contributed by atoms with Gasteiger partial charge in [0, 0.05) is 68.2 Å². The number of pyridine rings is 5. The average Bonchev–Trinajstić information content (AvgIpc) is 3.63. The van der Waals surface area contributed by atoms with Crippen molar-refractivity contribution in [3.63, 3.8) is 0 Å². The Bertz CT molecular complexity index is 3200. The highest BCUT2D eigenvalue weighted by Crippen LogP contribution is 2.36. The average molecular weight is 908 g/mol. The van der Waals surface area contributed by atoms with Crippen molar-refractivity contribution in [1.29, 1.82) is 0 Å². The van der Waals surface area contributed by atoms with Crippen LogP contribution in [0.5, 0.6) is 0 Å². The molecule has 21 heteroatoms. The van der Waals surface area contributed by atoms with Gasteiger partial charge in [-0.3, -0.25) is 19.5 Å². The predicted octanol–water partition coefficient (Wildman–Crippen LogP) is 6.35. The molecule has 6 heterocycles. The first-order chi connectivity index (χ1) is 30.0. The fraction of sp³-hybridized carbons (Fsp3) is 0.209.